The number of carbonyl (C=O) groups excluding carboxylic acids is 2. The van der Waals surface area contributed by atoms with E-state index in [0.29, 0.717) is 31.4 Å². The first-order valence-corrected chi connectivity index (χ1v) is 12.8. The second kappa shape index (κ2) is 11.3. The Morgan fingerprint density at radius 2 is 1.81 bits per heavy atom. The van der Waals surface area contributed by atoms with E-state index in [0.717, 1.165) is 48.2 Å². The first kappa shape index (κ1) is 24.6. The number of anilines is 2. The van der Waals surface area contributed by atoms with Gasteiger partial charge in [-0.25, -0.2) is 9.78 Å². The van der Waals surface area contributed by atoms with Crippen LogP contribution in [0.3, 0.4) is 0 Å². The summed E-state index contributed by atoms with van der Waals surface area (Å²) in [5, 5.41) is 2.94. The number of aromatic nitrogens is 1. The molecule has 0 radical (unpaired) electrons. The Morgan fingerprint density at radius 3 is 2.54 bits per heavy atom. The topological polar surface area (TPSA) is 90.0 Å². The van der Waals surface area contributed by atoms with Gasteiger partial charge in [-0.05, 0) is 68.5 Å². The fourth-order valence-corrected chi connectivity index (χ4v) is 4.79. The Kier molecular flexibility index (Phi) is 7.54. The lowest BCUT2D eigenvalue weighted by Gasteiger charge is -2.30. The number of pyridine rings is 1. The van der Waals surface area contributed by atoms with Crippen LogP contribution in [0.1, 0.15) is 32.6 Å². The zero-order valence-electron chi connectivity index (χ0n) is 20.9. The summed E-state index contributed by atoms with van der Waals surface area (Å²) >= 11 is 0. The average molecular weight is 502 g/mol. The molecule has 192 valence electrons. The van der Waals surface area contributed by atoms with Gasteiger partial charge in [-0.3, -0.25) is 9.69 Å². The maximum atomic E-state index is 12.9. The van der Waals surface area contributed by atoms with Crippen LogP contribution in [0.5, 0.6) is 11.6 Å². The number of nitrogens with zero attached hydrogens (tertiary/aromatic N) is 2. The molecule has 0 spiro atoms. The van der Waals surface area contributed by atoms with E-state index in [2.05, 4.69) is 10.3 Å². The van der Waals surface area contributed by atoms with E-state index in [-0.39, 0.29) is 24.0 Å². The van der Waals surface area contributed by atoms with Crippen molar-refractivity contribution in [3.63, 3.8) is 0 Å². The number of nitrogens with one attached hydrogen (secondary N) is 1. The van der Waals surface area contributed by atoms with E-state index >= 15 is 0 Å². The fraction of sp³-hybridized carbons (Fsp3) is 0.345. The van der Waals surface area contributed by atoms with Gasteiger partial charge in [-0.1, -0.05) is 24.3 Å². The Morgan fingerprint density at radius 1 is 1.03 bits per heavy atom. The van der Waals surface area contributed by atoms with Gasteiger partial charge in [0.15, 0.2) is 0 Å². The first-order valence-electron chi connectivity index (χ1n) is 12.8. The average Bonchev–Trinajstić information content (AvgIpc) is 2.94. The summed E-state index contributed by atoms with van der Waals surface area (Å²) in [7, 11) is 0. The van der Waals surface area contributed by atoms with Gasteiger partial charge < -0.3 is 19.5 Å². The number of hydrogen-bond donors (Lipinski definition) is 1. The summed E-state index contributed by atoms with van der Waals surface area (Å²) in [6, 6.07) is 18.8. The van der Waals surface area contributed by atoms with Crippen LogP contribution in [0.15, 0.2) is 66.9 Å². The molecule has 5 rings (SSSR count). The van der Waals surface area contributed by atoms with Crippen LogP contribution in [0.4, 0.5) is 16.2 Å². The smallest absolute Gasteiger partial charge is 0.326 e. The van der Waals surface area contributed by atoms with Crippen molar-refractivity contribution in [1.29, 1.82) is 0 Å². The summed E-state index contributed by atoms with van der Waals surface area (Å²) in [5.74, 6) is 1.10. The van der Waals surface area contributed by atoms with Gasteiger partial charge in [-0.2, -0.15) is 0 Å². The number of carbonyl (C=O) groups is 2. The molecule has 2 aromatic carbocycles. The highest BCUT2D eigenvalue weighted by molar-refractivity contribution is 6.03. The third kappa shape index (κ3) is 5.85. The van der Waals surface area contributed by atoms with E-state index < -0.39 is 0 Å². The van der Waals surface area contributed by atoms with Gasteiger partial charge in [0.1, 0.15) is 18.5 Å². The van der Waals surface area contributed by atoms with Gasteiger partial charge in [0, 0.05) is 23.5 Å². The molecular weight excluding hydrogens is 470 g/mol. The van der Waals surface area contributed by atoms with Crippen molar-refractivity contribution in [3.8, 4) is 22.8 Å². The lowest BCUT2D eigenvalue weighted by molar-refractivity contribution is -0.149. The predicted octanol–water partition coefficient (Wildman–Crippen LogP) is 5.68. The maximum absolute atomic E-state index is 12.9. The van der Waals surface area contributed by atoms with Crippen LogP contribution in [-0.4, -0.2) is 42.8 Å². The third-order valence-corrected chi connectivity index (χ3v) is 6.74. The molecule has 2 heterocycles. The number of rotatable bonds is 6. The molecule has 0 saturated heterocycles. The minimum absolute atomic E-state index is 0.0262. The second-order valence-corrected chi connectivity index (χ2v) is 9.21. The molecule has 2 amide bonds. The highest BCUT2D eigenvalue weighted by Gasteiger charge is 2.28. The molecule has 0 atom stereocenters. The molecule has 2 aliphatic rings. The highest BCUT2D eigenvalue weighted by Crippen LogP contribution is 2.36. The van der Waals surface area contributed by atoms with E-state index in [9.17, 15) is 9.59 Å². The number of benzene rings is 2. The number of amides is 2. The van der Waals surface area contributed by atoms with Crippen molar-refractivity contribution in [3.05, 3.63) is 66.9 Å². The van der Waals surface area contributed by atoms with Crippen LogP contribution < -0.4 is 19.7 Å². The summed E-state index contributed by atoms with van der Waals surface area (Å²) < 4.78 is 17.1. The molecule has 1 aliphatic heterocycles. The van der Waals surface area contributed by atoms with Crippen molar-refractivity contribution in [1.82, 2.24) is 4.98 Å². The highest BCUT2D eigenvalue weighted by atomic mass is 16.5. The number of fused-ring (bicyclic) bond motifs is 1. The molecular formula is C29H31N3O5. The van der Waals surface area contributed by atoms with Gasteiger partial charge >= 0.3 is 12.0 Å². The standard InChI is InChI=1S/C29H31N3O5/c1-2-35-28(33)20-8-12-24(13-9-20)37-27-15-11-22(19-30-27)21-10-14-25-26(18-21)36-17-16-32(25)29(34)31-23-6-4-3-5-7-23/h3-7,10-11,14-15,18-20,24H,2,8-9,12-13,16-17H2,1H3,(H,31,34). The number of esters is 1. The fourth-order valence-electron chi connectivity index (χ4n) is 4.79. The first-order chi connectivity index (χ1) is 18.1. The maximum Gasteiger partial charge on any atom is 0.326 e. The number of hydrogen-bond acceptors (Lipinski definition) is 6. The Balaban J connectivity index is 1.21. The van der Waals surface area contributed by atoms with E-state index in [1.165, 1.54) is 0 Å². The summed E-state index contributed by atoms with van der Waals surface area (Å²) in [6.07, 6.45) is 5.00. The van der Waals surface area contributed by atoms with Crippen molar-refractivity contribution in [2.75, 3.05) is 30.0 Å². The van der Waals surface area contributed by atoms with Gasteiger partial charge in [0.05, 0.1) is 24.8 Å². The molecule has 37 heavy (non-hydrogen) atoms. The largest absolute Gasteiger partial charge is 0.490 e. The van der Waals surface area contributed by atoms with Gasteiger partial charge in [0.2, 0.25) is 5.88 Å². The molecule has 1 fully saturated rings. The zero-order valence-corrected chi connectivity index (χ0v) is 20.9. The molecule has 1 saturated carbocycles. The Labute approximate surface area is 216 Å². The van der Waals surface area contributed by atoms with Crippen molar-refractivity contribution in [2.45, 2.75) is 38.7 Å². The van der Waals surface area contributed by atoms with Gasteiger partial charge in [-0.15, -0.1) is 0 Å². The lowest BCUT2D eigenvalue weighted by atomic mass is 9.87. The van der Waals surface area contributed by atoms with Crippen molar-refractivity contribution < 1.29 is 23.8 Å². The van der Waals surface area contributed by atoms with E-state index in [4.69, 9.17) is 14.2 Å². The molecule has 8 heteroatoms. The minimum atomic E-state index is -0.192. The predicted molar refractivity (Wildman–Crippen MR) is 141 cm³/mol. The number of ether oxygens (including phenoxy) is 3. The molecule has 1 aliphatic carbocycles. The van der Waals surface area contributed by atoms with Crippen molar-refractivity contribution in [2.24, 2.45) is 5.92 Å². The molecule has 1 N–H and O–H groups in total. The summed E-state index contributed by atoms with van der Waals surface area (Å²) in [4.78, 5) is 31.0. The minimum Gasteiger partial charge on any atom is -0.490 e. The third-order valence-electron chi connectivity index (χ3n) is 6.74. The van der Waals surface area contributed by atoms with Crippen LogP contribution in [-0.2, 0) is 9.53 Å². The Hall–Kier alpha value is -4.07. The van der Waals surface area contributed by atoms with Crippen LogP contribution >= 0.6 is 0 Å². The SMILES string of the molecule is CCOC(=O)C1CCC(Oc2ccc(-c3ccc4c(c3)OCCN4C(=O)Nc3ccccc3)cn2)CC1. The van der Waals surface area contributed by atoms with E-state index in [1.54, 1.807) is 11.1 Å². The van der Waals surface area contributed by atoms with Gasteiger partial charge in [0.25, 0.3) is 0 Å². The molecule has 3 aromatic rings. The lowest BCUT2D eigenvalue weighted by Crippen LogP contribution is -2.40. The van der Waals surface area contributed by atoms with Crippen LogP contribution in [0.25, 0.3) is 11.1 Å². The molecule has 0 unspecified atom stereocenters. The monoisotopic (exact) mass is 501 g/mol. The number of urea groups is 1. The van der Waals surface area contributed by atoms with Crippen molar-refractivity contribution >= 4 is 23.4 Å². The molecule has 8 nitrogen and oxygen atoms in total. The summed E-state index contributed by atoms with van der Waals surface area (Å²) in [5.41, 5.74) is 3.35. The summed E-state index contributed by atoms with van der Waals surface area (Å²) in [6.45, 7) is 3.14. The number of para-hydroxylation sites is 1. The quantitative estimate of drug-likeness (QED) is 0.437. The molecule has 1 aromatic heterocycles. The Bertz CT molecular complexity index is 1220. The second-order valence-electron chi connectivity index (χ2n) is 9.21. The normalized spacial score (nSPS) is 18.8. The molecule has 0 bridgehead atoms. The van der Waals surface area contributed by atoms with E-state index in [1.807, 2.05) is 67.6 Å². The van der Waals surface area contributed by atoms with Crippen LogP contribution in [0, 0.1) is 5.92 Å². The zero-order chi connectivity index (χ0) is 25.6. The van der Waals surface area contributed by atoms with Crippen LogP contribution in [0.2, 0.25) is 0 Å².